The van der Waals surface area contributed by atoms with Crippen LogP contribution >= 0.6 is 0 Å². The van der Waals surface area contributed by atoms with E-state index in [0.29, 0.717) is 0 Å². The van der Waals surface area contributed by atoms with Crippen molar-refractivity contribution in [1.29, 1.82) is 0 Å². The Bertz CT molecular complexity index is 924. The molecule has 0 fully saturated rings. The van der Waals surface area contributed by atoms with Crippen molar-refractivity contribution in [2.75, 3.05) is 0 Å². The first-order chi connectivity index (χ1) is 12.1. The minimum atomic E-state index is 1.04. The highest BCUT2D eigenvalue weighted by Crippen LogP contribution is 2.27. The molecule has 0 heteroatoms. The second kappa shape index (κ2) is 7.36. The van der Waals surface area contributed by atoms with E-state index in [1.54, 1.807) is 0 Å². The molecule has 0 aliphatic carbocycles. The maximum atomic E-state index is 4.26. The van der Waals surface area contributed by atoms with E-state index >= 15 is 0 Å². The molecular formula is C25H24. The molecule has 25 heavy (non-hydrogen) atoms. The van der Waals surface area contributed by atoms with Gasteiger partial charge in [0.05, 0.1) is 0 Å². The minimum absolute atomic E-state index is 1.04. The van der Waals surface area contributed by atoms with Crippen LogP contribution in [0.4, 0.5) is 0 Å². The molecule has 0 unspecified atom stereocenters. The van der Waals surface area contributed by atoms with Gasteiger partial charge in [0.25, 0.3) is 0 Å². The SMILES string of the molecule is C=C(/C=C(/C)c1ccccc1C)c1ccc(-c2ccccc2C)cc1. The summed E-state index contributed by atoms with van der Waals surface area (Å²) in [6.45, 7) is 10.7. The number of rotatable bonds is 4. The lowest BCUT2D eigenvalue weighted by Crippen LogP contribution is -1.87. The van der Waals surface area contributed by atoms with Crippen LogP contribution in [0.5, 0.6) is 0 Å². The Hall–Kier alpha value is -2.86. The quantitative estimate of drug-likeness (QED) is 0.449. The van der Waals surface area contributed by atoms with Crippen LogP contribution in [0.2, 0.25) is 0 Å². The smallest absolute Gasteiger partial charge is 0.0155 e. The van der Waals surface area contributed by atoms with Gasteiger partial charge in [0.1, 0.15) is 0 Å². The van der Waals surface area contributed by atoms with E-state index in [-0.39, 0.29) is 0 Å². The molecule has 0 radical (unpaired) electrons. The van der Waals surface area contributed by atoms with Gasteiger partial charge in [-0.05, 0) is 65.3 Å². The third-order valence-corrected chi connectivity index (χ3v) is 4.67. The molecular weight excluding hydrogens is 300 g/mol. The molecule has 0 saturated carbocycles. The first-order valence-electron chi connectivity index (χ1n) is 8.66. The van der Waals surface area contributed by atoms with E-state index in [9.17, 15) is 0 Å². The van der Waals surface area contributed by atoms with Gasteiger partial charge >= 0.3 is 0 Å². The summed E-state index contributed by atoms with van der Waals surface area (Å²) >= 11 is 0. The fourth-order valence-electron chi connectivity index (χ4n) is 3.20. The summed E-state index contributed by atoms with van der Waals surface area (Å²) in [4.78, 5) is 0. The maximum absolute atomic E-state index is 4.26. The predicted molar refractivity (Wildman–Crippen MR) is 110 cm³/mol. The molecule has 124 valence electrons. The van der Waals surface area contributed by atoms with Gasteiger partial charge in [-0.1, -0.05) is 85.5 Å². The zero-order chi connectivity index (χ0) is 17.8. The fraction of sp³-hybridized carbons (Fsp3) is 0.120. The van der Waals surface area contributed by atoms with Gasteiger partial charge in [0, 0.05) is 0 Å². The standard InChI is InChI=1S/C25H24/c1-18-9-5-7-11-24(18)21(4)17-20(3)22-13-15-23(16-14-22)25-12-8-6-10-19(25)2/h5-17H,3H2,1-2,4H3/b21-17-. The van der Waals surface area contributed by atoms with Gasteiger partial charge in [-0.3, -0.25) is 0 Å². The molecule has 3 aromatic rings. The van der Waals surface area contributed by atoms with Crippen molar-refractivity contribution in [2.45, 2.75) is 20.8 Å². The maximum Gasteiger partial charge on any atom is -0.0155 e. The third-order valence-electron chi connectivity index (χ3n) is 4.67. The van der Waals surface area contributed by atoms with E-state index in [2.05, 4.69) is 106 Å². The Labute approximate surface area is 151 Å². The number of aryl methyl sites for hydroxylation is 2. The fourth-order valence-corrected chi connectivity index (χ4v) is 3.20. The molecule has 0 spiro atoms. The predicted octanol–water partition coefficient (Wildman–Crippen LogP) is 7.09. The Morgan fingerprint density at radius 1 is 0.760 bits per heavy atom. The van der Waals surface area contributed by atoms with Crippen molar-refractivity contribution in [3.8, 4) is 11.1 Å². The average Bonchev–Trinajstić information content (AvgIpc) is 2.62. The van der Waals surface area contributed by atoms with E-state index < -0.39 is 0 Å². The second-order valence-corrected chi connectivity index (χ2v) is 6.56. The van der Waals surface area contributed by atoms with Gasteiger partial charge < -0.3 is 0 Å². The molecule has 0 aliphatic heterocycles. The summed E-state index contributed by atoms with van der Waals surface area (Å²) in [5.74, 6) is 0. The third kappa shape index (κ3) is 3.80. The van der Waals surface area contributed by atoms with Crippen LogP contribution in [0.25, 0.3) is 22.3 Å². The van der Waals surface area contributed by atoms with E-state index in [4.69, 9.17) is 0 Å². The van der Waals surface area contributed by atoms with Crippen molar-refractivity contribution in [3.05, 3.63) is 108 Å². The summed E-state index contributed by atoms with van der Waals surface area (Å²) in [7, 11) is 0. The first kappa shape index (κ1) is 17.0. The Morgan fingerprint density at radius 2 is 1.36 bits per heavy atom. The van der Waals surface area contributed by atoms with Crippen molar-refractivity contribution >= 4 is 11.1 Å². The molecule has 0 N–H and O–H groups in total. The first-order valence-corrected chi connectivity index (χ1v) is 8.66. The van der Waals surface area contributed by atoms with E-state index in [1.165, 1.54) is 33.4 Å². The molecule has 3 rings (SSSR count). The van der Waals surface area contributed by atoms with Gasteiger partial charge in [0.15, 0.2) is 0 Å². The summed E-state index contributed by atoms with van der Waals surface area (Å²) in [6.07, 6.45) is 2.17. The van der Waals surface area contributed by atoms with Gasteiger partial charge in [-0.2, -0.15) is 0 Å². The molecule has 0 atom stereocenters. The van der Waals surface area contributed by atoms with Crippen LogP contribution in [-0.2, 0) is 0 Å². The van der Waals surface area contributed by atoms with Crippen LogP contribution in [0.3, 0.4) is 0 Å². The van der Waals surface area contributed by atoms with Crippen molar-refractivity contribution in [2.24, 2.45) is 0 Å². The van der Waals surface area contributed by atoms with Gasteiger partial charge in [-0.25, -0.2) is 0 Å². The Balaban J connectivity index is 1.85. The lowest BCUT2D eigenvalue weighted by atomic mass is 9.95. The summed E-state index contributed by atoms with van der Waals surface area (Å²) in [5, 5.41) is 0. The van der Waals surface area contributed by atoms with Crippen LogP contribution in [-0.4, -0.2) is 0 Å². The summed E-state index contributed by atoms with van der Waals surface area (Å²) in [5.41, 5.74) is 9.83. The van der Waals surface area contributed by atoms with Crippen LogP contribution < -0.4 is 0 Å². The zero-order valence-electron chi connectivity index (χ0n) is 15.2. The molecule has 0 amide bonds. The van der Waals surface area contributed by atoms with Crippen molar-refractivity contribution in [3.63, 3.8) is 0 Å². The topological polar surface area (TPSA) is 0 Å². The number of allylic oxidation sites excluding steroid dienone is 3. The lowest BCUT2D eigenvalue weighted by molar-refractivity contribution is 1.41. The van der Waals surface area contributed by atoms with Crippen molar-refractivity contribution < 1.29 is 0 Å². The molecule has 0 aliphatic rings. The average molecular weight is 324 g/mol. The van der Waals surface area contributed by atoms with Crippen molar-refractivity contribution in [1.82, 2.24) is 0 Å². The summed E-state index contributed by atoms with van der Waals surface area (Å²) in [6, 6.07) is 25.6. The largest absolute Gasteiger partial charge is 0.0911 e. The molecule has 0 nitrogen and oxygen atoms in total. The molecule has 3 aromatic carbocycles. The Kier molecular flexibility index (Phi) is 5.00. The molecule has 0 heterocycles. The minimum Gasteiger partial charge on any atom is -0.0911 e. The van der Waals surface area contributed by atoms with Gasteiger partial charge in [0.2, 0.25) is 0 Å². The normalized spacial score (nSPS) is 11.4. The molecule has 0 aromatic heterocycles. The molecule has 0 saturated heterocycles. The highest BCUT2D eigenvalue weighted by molar-refractivity contribution is 5.83. The number of hydrogen-bond acceptors (Lipinski definition) is 0. The monoisotopic (exact) mass is 324 g/mol. The van der Waals surface area contributed by atoms with E-state index in [0.717, 1.165) is 11.1 Å². The lowest BCUT2D eigenvalue weighted by Gasteiger charge is -2.09. The van der Waals surface area contributed by atoms with Crippen LogP contribution in [0, 0.1) is 13.8 Å². The van der Waals surface area contributed by atoms with E-state index in [1.807, 2.05) is 0 Å². The zero-order valence-corrected chi connectivity index (χ0v) is 15.2. The second-order valence-electron chi connectivity index (χ2n) is 6.56. The van der Waals surface area contributed by atoms with Crippen LogP contribution in [0.15, 0.2) is 85.5 Å². The van der Waals surface area contributed by atoms with Gasteiger partial charge in [-0.15, -0.1) is 0 Å². The highest BCUT2D eigenvalue weighted by Gasteiger charge is 2.04. The van der Waals surface area contributed by atoms with Crippen LogP contribution in [0.1, 0.15) is 29.2 Å². The number of benzene rings is 3. The summed E-state index contributed by atoms with van der Waals surface area (Å²) < 4.78 is 0. The number of hydrogen-bond donors (Lipinski definition) is 0. The Morgan fingerprint density at radius 3 is 2.00 bits per heavy atom. The molecule has 0 bridgehead atoms. The highest BCUT2D eigenvalue weighted by atomic mass is 14.1.